The zero-order valence-electron chi connectivity index (χ0n) is 11.6. The third-order valence-corrected chi connectivity index (χ3v) is 3.30. The van der Waals surface area contributed by atoms with Crippen molar-refractivity contribution >= 4 is 15.9 Å². The summed E-state index contributed by atoms with van der Waals surface area (Å²) in [6.07, 6.45) is 0. The largest absolute Gasteiger partial charge is 0.312 e. The maximum absolute atomic E-state index is 13.3. The van der Waals surface area contributed by atoms with E-state index < -0.39 is 0 Å². The van der Waals surface area contributed by atoms with E-state index in [9.17, 15) is 4.39 Å². The Labute approximate surface area is 118 Å². The van der Waals surface area contributed by atoms with Gasteiger partial charge in [0.2, 0.25) is 0 Å². The fourth-order valence-corrected chi connectivity index (χ4v) is 2.35. The Kier molecular flexibility index (Phi) is 5.76. The molecule has 0 aromatic heterocycles. The smallest absolute Gasteiger partial charge is 0.137 e. The van der Waals surface area contributed by atoms with Gasteiger partial charge in [0.25, 0.3) is 0 Å². The maximum Gasteiger partial charge on any atom is 0.137 e. The van der Waals surface area contributed by atoms with E-state index in [0.717, 1.165) is 18.7 Å². The van der Waals surface area contributed by atoms with Gasteiger partial charge < -0.3 is 10.2 Å². The lowest BCUT2D eigenvalue weighted by atomic mass is 9.93. The summed E-state index contributed by atoms with van der Waals surface area (Å²) < 4.78 is 13.8. The minimum atomic E-state index is -0.207. The summed E-state index contributed by atoms with van der Waals surface area (Å²) in [7, 11) is 4.15. The number of nitrogens with one attached hydrogen (secondary N) is 1. The predicted molar refractivity (Wildman–Crippen MR) is 78.1 cm³/mol. The molecular weight excluding hydrogens is 295 g/mol. The van der Waals surface area contributed by atoms with Crippen LogP contribution in [0.3, 0.4) is 0 Å². The third-order valence-electron chi connectivity index (χ3n) is 2.66. The first-order valence-electron chi connectivity index (χ1n) is 6.09. The van der Waals surface area contributed by atoms with Crippen molar-refractivity contribution in [3.63, 3.8) is 0 Å². The molecule has 18 heavy (non-hydrogen) atoms. The minimum absolute atomic E-state index is 0.206. The van der Waals surface area contributed by atoms with Gasteiger partial charge in [-0.25, -0.2) is 4.39 Å². The molecule has 0 unspecified atom stereocenters. The molecule has 1 rings (SSSR count). The summed E-state index contributed by atoms with van der Waals surface area (Å²) in [5, 5.41) is 3.39. The van der Waals surface area contributed by atoms with Crippen LogP contribution in [0.4, 0.5) is 4.39 Å². The van der Waals surface area contributed by atoms with Gasteiger partial charge in [0.1, 0.15) is 5.82 Å². The van der Waals surface area contributed by atoms with Crippen molar-refractivity contribution in [1.29, 1.82) is 0 Å². The number of benzene rings is 1. The van der Waals surface area contributed by atoms with Crippen LogP contribution in [0.25, 0.3) is 0 Å². The molecule has 0 heterocycles. The Morgan fingerprint density at radius 3 is 2.56 bits per heavy atom. The molecule has 1 N–H and O–H groups in total. The van der Waals surface area contributed by atoms with Gasteiger partial charge in [-0.05, 0) is 53.1 Å². The van der Waals surface area contributed by atoms with E-state index in [1.807, 2.05) is 6.07 Å². The summed E-state index contributed by atoms with van der Waals surface area (Å²) >= 11 is 3.16. The fraction of sp³-hybridized carbons (Fsp3) is 0.571. The lowest BCUT2D eigenvalue weighted by molar-refractivity contribution is 0.232. The molecule has 0 saturated carbocycles. The maximum atomic E-state index is 13.3. The van der Waals surface area contributed by atoms with Gasteiger partial charge in [-0.1, -0.05) is 19.9 Å². The normalized spacial score (nSPS) is 12.2. The van der Waals surface area contributed by atoms with Crippen LogP contribution < -0.4 is 5.32 Å². The van der Waals surface area contributed by atoms with Crippen LogP contribution in [-0.2, 0) is 6.54 Å². The fourth-order valence-electron chi connectivity index (χ4n) is 2.11. The second kappa shape index (κ2) is 6.64. The molecule has 0 aliphatic rings. The zero-order chi connectivity index (χ0) is 13.8. The summed E-state index contributed by atoms with van der Waals surface area (Å²) in [5.74, 6) is -0.207. The highest BCUT2D eigenvalue weighted by Crippen LogP contribution is 2.17. The molecule has 102 valence electrons. The van der Waals surface area contributed by atoms with Gasteiger partial charge in [-0.15, -0.1) is 0 Å². The number of hydrogen-bond acceptors (Lipinski definition) is 2. The molecule has 0 atom stereocenters. The molecular formula is C14H22BrFN2. The summed E-state index contributed by atoms with van der Waals surface area (Å²) in [4.78, 5) is 2.18. The van der Waals surface area contributed by atoms with Crippen LogP contribution in [0, 0.1) is 11.2 Å². The molecule has 0 spiro atoms. The highest BCUT2D eigenvalue weighted by atomic mass is 79.9. The first-order valence-corrected chi connectivity index (χ1v) is 6.89. The van der Waals surface area contributed by atoms with Gasteiger partial charge in [0.05, 0.1) is 4.47 Å². The van der Waals surface area contributed by atoms with E-state index in [1.54, 1.807) is 12.1 Å². The molecule has 1 aromatic rings. The van der Waals surface area contributed by atoms with E-state index in [0.29, 0.717) is 11.0 Å². The van der Waals surface area contributed by atoms with Crippen molar-refractivity contribution in [1.82, 2.24) is 10.2 Å². The first kappa shape index (κ1) is 15.6. The zero-order valence-corrected chi connectivity index (χ0v) is 13.1. The van der Waals surface area contributed by atoms with Crippen molar-refractivity contribution in [2.75, 3.05) is 27.2 Å². The molecule has 0 aliphatic heterocycles. The van der Waals surface area contributed by atoms with E-state index >= 15 is 0 Å². The average Bonchev–Trinajstić information content (AvgIpc) is 2.21. The van der Waals surface area contributed by atoms with Gasteiger partial charge in [0.15, 0.2) is 0 Å². The van der Waals surface area contributed by atoms with Crippen molar-refractivity contribution < 1.29 is 4.39 Å². The Morgan fingerprint density at radius 1 is 1.33 bits per heavy atom. The van der Waals surface area contributed by atoms with Gasteiger partial charge in [-0.3, -0.25) is 0 Å². The summed E-state index contributed by atoms with van der Waals surface area (Å²) in [6, 6.07) is 5.24. The van der Waals surface area contributed by atoms with E-state index in [-0.39, 0.29) is 11.2 Å². The number of nitrogens with zero attached hydrogens (tertiary/aromatic N) is 1. The standard InChI is InChI=1S/C14H22BrFN2/c1-14(2,10-18(3)4)9-17-8-11-5-6-12(15)13(16)7-11/h5-7,17H,8-10H2,1-4H3. The van der Waals surface area contributed by atoms with Gasteiger partial charge in [0, 0.05) is 19.6 Å². The van der Waals surface area contributed by atoms with E-state index in [2.05, 4.69) is 54.1 Å². The second-order valence-corrected chi connectivity index (χ2v) is 6.61. The lowest BCUT2D eigenvalue weighted by Gasteiger charge is -2.28. The number of hydrogen-bond donors (Lipinski definition) is 1. The highest BCUT2D eigenvalue weighted by Gasteiger charge is 2.18. The lowest BCUT2D eigenvalue weighted by Crippen LogP contribution is -2.37. The van der Waals surface area contributed by atoms with Crippen LogP contribution in [-0.4, -0.2) is 32.1 Å². The molecule has 0 radical (unpaired) electrons. The summed E-state index contributed by atoms with van der Waals surface area (Å²) in [5.41, 5.74) is 1.17. The molecule has 0 aliphatic carbocycles. The molecule has 0 saturated heterocycles. The van der Waals surface area contributed by atoms with E-state index in [1.165, 1.54) is 0 Å². The van der Waals surface area contributed by atoms with Gasteiger partial charge in [-0.2, -0.15) is 0 Å². The van der Waals surface area contributed by atoms with Crippen molar-refractivity contribution in [2.45, 2.75) is 20.4 Å². The summed E-state index contributed by atoms with van der Waals surface area (Å²) in [6.45, 7) is 7.07. The Morgan fingerprint density at radius 2 is 2.00 bits per heavy atom. The van der Waals surface area contributed by atoms with Crippen LogP contribution in [0.2, 0.25) is 0 Å². The second-order valence-electron chi connectivity index (χ2n) is 5.75. The SMILES string of the molecule is CN(C)CC(C)(C)CNCc1ccc(Br)c(F)c1. The van der Waals surface area contributed by atoms with Crippen LogP contribution in [0.15, 0.2) is 22.7 Å². The van der Waals surface area contributed by atoms with Crippen LogP contribution in [0.1, 0.15) is 19.4 Å². The monoisotopic (exact) mass is 316 g/mol. The molecule has 4 heteroatoms. The van der Waals surface area contributed by atoms with Crippen molar-refractivity contribution in [3.8, 4) is 0 Å². The Bertz CT molecular complexity index is 391. The average molecular weight is 317 g/mol. The van der Waals surface area contributed by atoms with E-state index in [4.69, 9.17) is 0 Å². The molecule has 0 fully saturated rings. The van der Waals surface area contributed by atoms with Crippen molar-refractivity contribution in [2.24, 2.45) is 5.41 Å². The third kappa shape index (κ3) is 5.46. The Hall–Kier alpha value is -0.450. The molecule has 1 aromatic carbocycles. The Balaban J connectivity index is 2.43. The predicted octanol–water partition coefficient (Wildman–Crippen LogP) is 3.27. The molecule has 0 bridgehead atoms. The topological polar surface area (TPSA) is 15.3 Å². The van der Waals surface area contributed by atoms with Gasteiger partial charge >= 0.3 is 0 Å². The minimum Gasteiger partial charge on any atom is -0.312 e. The number of rotatable bonds is 6. The molecule has 2 nitrogen and oxygen atoms in total. The van der Waals surface area contributed by atoms with Crippen molar-refractivity contribution in [3.05, 3.63) is 34.1 Å². The first-order chi connectivity index (χ1) is 8.30. The van der Waals surface area contributed by atoms with Crippen LogP contribution in [0.5, 0.6) is 0 Å². The molecule has 0 amide bonds. The highest BCUT2D eigenvalue weighted by molar-refractivity contribution is 9.10. The van der Waals surface area contributed by atoms with Crippen LogP contribution >= 0.6 is 15.9 Å². The number of halogens is 2. The quantitative estimate of drug-likeness (QED) is 0.866.